The Balaban J connectivity index is 1.33. The lowest BCUT2D eigenvalue weighted by atomic mass is 10.1. The first-order valence-electron chi connectivity index (χ1n) is 9.34. The second-order valence-corrected chi connectivity index (χ2v) is 8.08. The van der Waals surface area contributed by atoms with Gasteiger partial charge in [0.25, 0.3) is 5.91 Å². The van der Waals surface area contributed by atoms with Crippen LogP contribution in [0.5, 0.6) is 5.75 Å². The molecule has 0 saturated heterocycles. The van der Waals surface area contributed by atoms with Crippen molar-refractivity contribution in [1.29, 1.82) is 0 Å². The van der Waals surface area contributed by atoms with Gasteiger partial charge in [0.05, 0.1) is 11.0 Å². The molecule has 0 saturated carbocycles. The van der Waals surface area contributed by atoms with Crippen LogP contribution in [-0.4, -0.2) is 30.5 Å². The Morgan fingerprint density at radius 1 is 1.13 bits per heavy atom. The van der Waals surface area contributed by atoms with E-state index in [-0.39, 0.29) is 18.4 Å². The van der Waals surface area contributed by atoms with Gasteiger partial charge in [-0.1, -0.05) is 41.4 Å². The number of benzene rings is 2. The average molecular weight is 502 g/mol. The number of carbonyl (C=O) groups excluding carboxylic acids is 1. The Bertz CT molecular complexity index is 1200. The van der Waals surface area contributed by atoms with Crippen molar-refractivity contribution in [2.75, 3.05) is 5.32 Å². The van der Waals surface area contributed by atoms with Gasteiger partial charge in [-0.2, -0.15) is 5.10 Å². The number of hydrogen-bond donors (Lipinski definition) is 1. The molecule has 8 nitrogen and oxygen atoms in total. The fourth-order valence-electron chi connectivity index (χ4n) is 2.76. The molecule has 1 amide bonds. The maximum Gasteiger partial charge on any atom is 0.278 e. The highest BCUT2D eigenvalue weighted by Crippen LogP contribution is 2.28. The quantitative estimate of drug-likeness (QED) is 0.402. The summed E-state index contributed by atoms with van der Waals surface area (Å²) >= 11 is 9.32. The smallest absolute Gasteiger partial charge is 0.278 e. The SMILES string of the molecule is Cc1ccc(Cn2cnc(NC(=O)c3ccn(COc4ccc(Cl)cc4Br)n3)n2)cc1. The summed E-state index contributed by atoms with van der Waals surface area (Å²) in [6.07, 6.45) is 3.23. The van der Waals surface area contributed by atoms with E-state index in [0.717, 1.165) is 10.0 Å². The molecule has 2 aromatic heterocycles. The molecule has 4 rings (SSSR count). The molecule has 2 heterocycles. The number of halogens is 2. The van der Waals surface area contributed by atoms with Gasteiger partial charge < -0.3 is 4.74 Å². The van der Waals surface area contributed by atoms with Crippen molar-refractivity contribution in [3.63, 3.8) is 0 Å². The van der Waals surface area contributed by atoms with Crippen LogP contribution in [0.4, 0.5) is 5.95 Å². The number of rotatable bonds is 7. The van der Waals surface area contributed by atoms with E-state index in [4.69, 9.17) is 16.3 Å². The Labute approximate surface area is 191 Å². The molecule has 0 unspecified atom stereocenters. The van der Waals surface area contributed by atoms with E-state index in [9.17, 15) is 4.79 Å². The van der Waals surface area contributed by atoms with E-state index < -0.39 is 5.91 Å². The van der Waals surface area contributed by atoms with Crippen molar-refractivity contribution >= 4 is 39.4 Å². The number of nitrogens with one attached hydrogen (secondary N) is 1. The topological polar surface area (TPSA) is 86.9 Å². The van der Waals surface area contributed by atoms with E-state index in [1.165, 1.54) is 10.2 Å². The summed E-state index contributed by atoms with van der Waals surface area (Å²) in [6.45, 7) is 2.74. The second-order valence-electron chi connectivity index (χ2n) is 6.79. The zero-order valence-corrected chi connectivity index (χ0v) is 18.8. The predicted molar refractivity (Wildman–Crippen MR) is 120 cm³/mol. The van der Waals surface area contributed by atoms with Gasteiger partial charge in [-0.15, -0.1) is 5.10 Å². The molecule has 158 valence electrons. The minimum atomic E-state index is -0.403. The molecule has 10 heteroatoms. The van der Waals surface area contributed by atoms with Crippen molar-refractivity contribution in [3.05, 3.63) is 87.4 Å². The van der Waals surface area contributed by atoms with Crippen LogP contribution in [-0.2, 0) is 13.3 Å². The van der Waals surface area contributed by atoms with Gasteiger partial charge in [-0.25, -0.2) is 14.3 Å². The van der Waals surface area contributed by atoms with Gasteiger partial charge in [-0.05, 0) is 52.7 Å². The maximum atomic E-state index is 12.5. The van der Waals surface area contributed by atoms with Crippen molar-refractivity contribution in [2.24, 2.45) is 0 Å². The minimum absolute atomic E-state index is 0.136. The Morgan fingerprint density at radius 2 is 1.94 bits per heavy atom. The number of carbonyl (C=O) groups is 1. The van der Waals surface area contributed by atoms with Crippen LogP contribution in [0.1, 0.15) is 21.6 Å². The van der Waals surface area contributed by atoms with Gasteiger partial charge in [0.1, 0.15) is 12.1 Å². The summed E-state index contributed by atoms with van der Waals surface area (Å²) in [6, 6.07) is 15.0. The van der Waals surface area contributed by atoms with Gasteiger partial charge in [0, 0.05) is 11.2 Å². The first-order chi connectivity index (χ1) is 15.0. The van der Waals surface area contributed by atoms with Crippen molar-refractivity contribution in [2.45, 2.75) is 20.2 Å². The van der Waals surface area contributed by atoms with Crippen molar-refractivity contribution in [1.82, 2.24) is 24.5 Å². The highest BCUT2D eigenvalue weighted by molar-refractivity contribution is 9.10. The molecule has 0 bridgehead atoms. The molecule has 0 fully saturated rings. The van der Waals surface area contributed by atoms with E-state index in [0.29, 0.717) is 17.3 Å². The summed E-state index contributed by atoms with van der Waals surface area (Å²) in [5.74, 6) is 0.432. The molecule has 0 atom stereocenters. The average Bonchev–Trinajstić information content (AvgIpc) is 3.39. The number of amides is 1. The summed E-state index contributed by atoms with van der Waals surface area (Å²) in [4.78, 5) is 16.6. The largest absolute Gasteiger partial charge is 0.470 e. The number of nitrogens with zero attached hydrogens (tertiary/aromatic N) is 5. The first-order valence-corrected chi connectivity index (χ1v) is 10.5. The number of aryl methyl sites for hydroxylation is 1. The molecule has 31 heavy (non-hydrogen) atoms. The highest BCUT2D eigenvalue weighted by atomic mass is 79.9. The number of anilines is 1. The minimum Gasteiger partial charge on any atom is -0.470 e. The summed E-state index contributed by atoms with van der Waals surface area (Å²) in [5.41, 5.74) is 2.52. The third-order valence-corrected chi connectivity index (χ3v) is 5.20. The van der Waals surface area contributed by atoms with E-state index in [1.807, 2.05) is 31.2 Å². The third-order valence-electron chi connectivity index (χ3n) is 4.35. The standard InChI is InChI=1S/C21H18BrClN6O2/c1-14-2-4-15(5-3-14)11-29-12-24-21(27-29)25-20(30)18-8-9-28(26-18)13-31-19-7-6-16(23)10-17(19)22/h2-10,12H,11,13H2,1H3,(H,25,27,30). The molecule has 0 aliphatic heterocycles. The summed E-state index contributed by atoms with van der Waals surface area (Å²) in [5, 5.41) is 11.8. The molecule has 4 aromatic rings. The number of ether oxygens (including phenoxy) is 1. The summed E-state index contributed by atoms with van der Waals surface area (Å²) < 4.78 is 9.60. The van der Waals surface area contributed by atoms with Crippen LogP contribution < -0.4 is 10.1 Å². The highest BCUT2D eigenvalue weighted by Gasteiger charge is 2.13. The van der Waals surface area contributed by atoms with Crippen molar-refractivity contribution in [3.8, 4) is 5.75 Å². The van der Waals surface area contributed by atoms with E-state index >= 15 is 0 Å². The Kier molecular flexibility index (Phi) is 6.34. The van der Waals surface area contributed by atoms with Crippen LogP contribution in [0.2, 0.25) is 5.02 Å². The lowest BCUT2D eigenvalue weighted by Gasteiger charge is -2.08. The van der Waals surface area contributed by atoms with E-state index in [2.05, 4.69) is 36.4 Å². The number of aromatic nitrogens is 5. The molecule has 0 spiro atoms. The third kappa shape index (κ3) is 5.50. The molecular weight excluding hydrogens is 484 g/mol. The Hall–Kier alpha value is -3.17. The summed E-state index contributed by atoms with van der Waals surface area (Å²) in [7, 11) is 0. The van der Waals surface area contributed by atoms with E-state index in [1.54, 1.807) is 41.5 Å². The zero-order valence-electron chi connectivity index (χ0n) is 16.5. The monoisotopic (exact) mass is 500 g/mol. The van der Waals surface area contributed by atoms with Gasteiger partial charge in [0.2, 0.25) is 5.95 Å². The van der Waals surface area contributed by atoms with Gasteiger partial charge >= 0.3 is 0 Å². The van der Waals surface area contributed by atoms with Crippen LogP contribution in [0, 0.1) is 6.92 Å². The molecule has 1 N–H and O–H groups in total. The normalized spacial score (nSPS) is 10.8. The molecular formula is C21H18BrClN6O2. The van der Waals surface area contributed by atoms with Crippen LogP contribution >= 0.6 is 27.5 Å². The maximum absolute atomic E-state index is 12.5. The van der Waals surface area contributed by atoms with Crippen LogP contribution in [0.3, 0.4) is 0 Å². The Morgan fingerprint density at radius 3 is 2.71 bits per heavy atom. The molecule has 0 aliphatic carbocycles. The molecule has 0 radical (unpaired) electrons. The molecule has 0 aliphatic rings. The predicted octanol–water partition coefficient (Wildman–Crippen LogP) is 4.54. The van der Waals surface area contributed by atoms with Gasteiger partial charge in [0.15, 0.2) is 12.4 Å². The van der Waals surface area contributed by atoms with Crippen LogP contribution in [0.25, 0.3) is 0 Å². The first kappa shape index (κ1) is 21.1. The van der Waals surface area contributed by atoms with Crippen LogP contribution in [0.15, 0.2) is 65.5 Å². The lowest BCUT2D eigenvalue weighted by molar-refractivity contribution is 0.101. The fraction of sp³-hybridized carbons (Fsp3) is 0.143. The number of hydrogen-bond acceptors (Lipinski definition) is 5. The zero-order chi connectivity index (χ0) is 21.8. The molecule has 2 aromatic carbocycles. The van der Waals surface area contributed by atoms with Gasteiger partial charge in [-0.3, -0.25) is 10.1 Å². The lowest BCUT2D eigenvalue weighted by Crippen LogP contribution is -2.15. The van der Waals surface area contributed by atoms with Crippen molar-refractivity contribution < 1.29 is 9.53 Å². The fourth-order valence-corrected chi connectivity index (χ4v) is 3.55. The second kappa shape index (κ2) is 9.32.